The molecular weight excluding hydrogens is 558 g/mol. The molecule has 3 nitrogen and oxygen atoms in total. The quantitative estimate of drug-likeness (QED) is 0.202. The molecule has 0 N–H and O–H groups in total. The Hall–Kier alpha value is -6.37. The van der Waals surface area contributed by atoms with Crippen molar-refractivity contribution < 1.29 is 0 Å². The average molecular weight is 586 g/mol. The number of rotatable bonds is 4. The maximum Gasteiger partial charge on any atom is 0.101 e. The van der Waals surface area contributed by atoms with Crippen LogP contribution in [0.5, 0.6) is 0 Å². The Labute approximate surface area is 266 Å². The van der Waals surface area contributed by atoms with Crippen LogP contribution in [0.1, 0.15) is 5.56 Å². The van der Waals surface area contributed by atoms with Gasteiger partial charge in [-0.3, -0.25) is 0 Å². The maximum absolute atomic E-state index is 10.3. The Balaban J connectivity index is 1.25. The lowest BCUT2D eigenvalue weighted by atomic mass is 9.96. The highest BCUT2D eigenvalue weighted by Crippen LogP contribution is 2.40. The Bertz CT molecular complexity index is 2580. The van der Waals surface area contributed by atoms with Crippen LogP contribution in [-0.4, -0.2) is 9.13 Å². The van der Waals surface area contributed by atoms with E-state index in [-0.39, 0.29) is 0 Å². The number of fused-ring (bicyclic) bond motifs is 6. The molecule has 2 aromatic heterocycles. The summed E-state index contributed by atoms with van der Waals surface area (Å²) in [5.74, 6) is 0. The summed E-state index contributed by atoms with van der Waals surface area (Å²) < 4.78 is 4.64. The lowest BCUT2D eigenvalue weighted by Crippen LogP contribution is -2.00. The fraction of sp³-hybridized carbons (Fsp3) is 0. The second-order valence-electron chi connectivity index (χ2n) is 11.7. The van der Waals surface area contributed by atoms with E-state index in [4.69, 9.17) is 0 Å². The maximum atomic E-state index is 10.3. The minimum atomic E-state index is 0.644. The summed E-state index contributed by atoms with van der Waals surface area (Å²) in [7, 11) is 0. The first-order valence-electron chi connectivity index (χ1n) is 15.5. The fourth-order valence-electron chi connectivity index (χ4n) is 7.20. The van der Waals surface area contributed by atoms with Crippen molar-refractivity contribution in [2.24, 2.45) is 0 Å². The van der Waals surface area contributed by atoms with Crippen LogP contribution in [-0.2, 0) is 0 Å². The zero-order valence-electron chi connectivity index (χ0n) is 24.9. The van der Waals surface area contributed by atoms with Gasteiger partial charge in [-0.1, -0.05) is 127 Å². The SMILES string of the molecule is N#Cc1cccc(-c2ccc(-c3cccc4c5ccccc5n(-c5ccccc5)c34)cc2)c1-n1c2ccccc2c2ccccc21. The van der Waals surface area contributed by atoms with Gasteiger partial charge < -0.3 is 9.13 Å². The van der Waals surface area contributed by atoms with Gasteiger partial charge in [0.2, 0.25) is 0 Å². The van der Waals surface area contributed by atoms with Crippen molar-refractivity contribution in [3.05, 3.63) is 169 Å². The Kier molecular flexibility index (Phi) is 5.88. The molecule has 0 amide bonds. The van der Waals surface area contributed by atoms with E-state index in [1.807, 2.05) is 12.1 Å². The molecule has 0 atom stereocenters. The number of hydrogen-bond donors (Lipinski definition) is 0. The second kappa shape index (κ2) is 10.4. The fourth-order valence-corrected chi connectivity index (χ4v) is 7.20. The molecule has 0 aliphatic carbocycles. The van der Waals surface area contributed by atoms with Gasteiger partial charge in [0.1, 0.15) is 6.07 Å². The molecule has 46 heavy (non-hydrogen) atoms. The molecule has 7 aromatic carbocycles. The third-order valence-electron chi connectivity index (χ3n) is 9.18. The van der Waals surface area contributed by atoms with Crippen molar-refractivity contribution >= 4 is 43.6 Å². The minimum Gasteiger partial charge on any atom is -0.309 e. The van der Waals surface area contributed by atoms with E-state index >= 15 is 0 Å². The minimum absolute atomic E-state index is 0.644. The molecule has 0 aliphatic heterocycles. The highest BCUT2D eigenvalue weighted by Gasteiger charge is 2.20. The number of benzene rings is 7. The summed E-state index contributed by atoms with van der Waals surface area (Å²) >= 11 is 0. The molecule has 0 aliphatic rings. The summed E-state index contributed by atoms with van der Waals surface area (Å²) in [6, 6.07) is 60.0. The lowest BCUT2D eigenvalue weighted by Gasteiger charge is -2.16. The van der Waals surface area contributed by atoms with Crippen molar-refractivity contribution in [1.29, 1.82) is 5.26 Å². The van der Waals surface area contributed by atoms with E-state index in [1.54, 1.807) is 0 Å². The topological polar surface area (TPSA) is 33.6 Å². The molecule has 0 saturated heterocycles. The van der Waals surface area contributed by atoms with Crippen LogP contribution in [0, 0.1) is 11.3 Å². The molecule has 3 heteroatoms. The van der Waals surface area contributed by atoms with Crippen LogP contribution in [0.15, 0.2) is 164 Å². The van der Waals surface area contributed by atoms with Crippen LogP contribution < -0.4 is 0 Å². The van der Waals surface area contributed by atoms with E-state index < -0.39 is 0 Å². The van der Waals surface area contributed by atoms with Gasteiger partial charge in [0.25, 0.3) is 0 Å². The van der Waals surface area contributed by atoms with Crippen molar-refractivity contribution in [2.45, 2.75) is 0 Å². The van der Waals surface area contributed by atoms with Crippen molar-refractivity contribution in [1.82, 2.24) is 9.13 Å². The Morgan fingerprint density at radius 2 is 0.870 bits per heavy atom. The predicted molar refractivity (Wildman–Crippen MR) is 191 cm³/mol. The number of nitrogens with zero attached hydrogens (tertiary/aromatic N) is 3. The summed E-state index contributed by atoms with van der Waals surface area (Å²) in [6.45, 7) is 0. The standard InChI is InChI=1S/C43H27N3/c44-28-31-12-10-18-33(42(31)46-40-22-8-4-15-35(40)36-16-5-9-23-41(36)46)29-24-26-30(27-25-29)34-19-11-20-38-37-17-6-7-21-39(37)45(43(34)38)32-13-2-1-3-14-32/h1-27H. The highest BCUT2D eigenvalue weighted by atomic mass is 15.0. The first-order valence-corrected chi connectivity index (χ1v) is 15.5. The van der Waals surface area contributed by atoms with Crippen LogP contribution in [0.2, 0.25) is 0 Å². The van der Waals surface area contributed by atoms with Crippen molar-refractivity contribution in [3.63, 3.8) is 0 Å². The second-order valence-corrected chi connectivity index (χ2v) is 11.7. The molecule has 0 bridgehead atoms. The Morgan fingerprint density at radius 1 is 0.391 bits per heavy atom. The van der Waals surface area contributed by atoms with Crippen LogP contribution in [0.25, 0.3) is 77.2 Å². The van der Waals surface area contributed by atoms with Crippen molar-refractivity contribution in [3.8, 4) is 39.7 Å². The molecule has 0 fully saturated rings. The molecule has 0 spiro atoms. The van der Waals surface area contributed by atoms with Gasteiger partial charge in [-0.25, -0.2) is 0 Å². The first kappa shape index (κ1) is 26.1. The first-order chi connectivity index (χ1) is 22.8. The van der Waals surface area contributed by atoms with Crippen LogP contribution in [0.3, 0.4) is 0 Å². The number of aromatic nitrogens is 2. The number of nitriles is 1. The van der Waals surface area contributed by atoms with E-state index in [0.29, 0.717) is 5.56 Å². The summed E-state index contributed by atoms with van der Waals surface area (Å²) in [5, 5.41) is 15.2. The zero-order chi connectivity index (χ0) is 30.6. The van der Waals surface area contributed by atoms with Gasteiger partial charge in [0.15, 0.2) is 0 Å². The predicted octanol–water partition coefficient (Wildman–Crippen LogP) is 11.1. The smallest absolute Gasteiger partial charge is 0.101 e. The molecule has 0 unspecified atom stereocenters. The summed E-state index contributed by atoms with van der Waals surface area (Å²) in [4.78, 5) is 0. The van der Waals surface area contributed by atoms with E-state index in [2.05, 4.69) is 167 Å². The van der Waals surface area contributed by atoms with Gasteiger partial charge in [-0.05, 0) is 47.5 Å². The normalized spacial score (nSPS) is 11.5. The zero-order valence-corrected chi connectivity index (χ0v) is 24.9. The van der Waals surface area contributed by atoms with Gasteiger partial charge >= 0.3 is 0 Å². The Morgan fingerprint density at radius 3 is 1.50 bits per heavy atom. The summed E-state index contributed by atoms with van der Waals surface area (Å²) in [6.07, 6.45) is 0. The highest BCUT2D eigenvalue weighted by molar-refractivity contribution is 6.14. The van der Waals surface area contributed by atoms with Gasteiger partial charge in [-0.2, -0.15) is 5.26 Å². The van der Waals surface area contributed by atoms with E-state index in [1.165, 1.54) is 38.1 Å². The van der Waals surface area contributed by atoms with Gasteiger partial charge in [-0.15, -0.1) is 0 Å². The summed E-state index contributed by atoms with van der Waals surface area (Å²) in [5.41, 5.74) is 11.7. The number of hydrogen-bond acceptors (Lipinski definition) is 1. The van der Waals surface area contributed by atoms with Crippen LogP contribution >= 0.6 is 0 Å². The lowest BCUT2D eigenvalue weighted by molar-refractivity contribution is 1.17. The van der Waals surface area contributed by atoms with Gasteiger partial charge in [0, 0.05) is 38.4 Å². The van der Waals surface area contributed by atoms with E-state index in [0.717, 1.165) is 39.1 Å². The third kappa shape index (κ3) is 3.84. The molecule has 2 heterocycles. The molecular formula is C43H27N3. The van der Waals surface area contributed by atoms with Crippen LogP contribution in [0.4, 0.5) is 0 Å². The van der Waals surface area contributed by atoms with Gasteiger partial charge in [0.05, 0.1) is 33.3 Å². The molecule has 9 rings (SSSR count). The monoisotopic (exact) mass is 585 g/mol. The third-order valence-corrected chi connectivity index (χ3v) is 9.18. The molecule has 0 saturated carbocycles. The largest absolute Gasteiger partial charge is 0.309 e. The van der Waals surface area contributed by atoms with E-state index in [9.17, 15) is 5.26 Å². The average Bonchev–Trinajstić information content (AvgIpc) is 3.65. The van der Waals surface area contributed by atoms with Crippen molar-refractivity contribution in [2.75, 3.05) is 0 Å². The molecule has 214 valence electrons. The molecule has 0 radical (unpaired) electrons. The number of para-hydroxylation sites is 6. The molecule has 9 aromatic rings.